The summed E-state index contributed by atoms with van der Waals surface area (Å²) in [5.41, 5.74) is 4.65. The van der Waals surface area contributed by atoms with Gasteiger partial charge < -0.3 is 47.4 Å². The fraction of sp³-hybridized carbons (Fsp3) is 0.367. The van der Waals surface area contributed by atoms with Crippen LogP contribution in [-0.4, -0.2) is 79.9 Å². The van der Waals surface area contributed by atoms with Crippen molar-refractivity contribution in [1.29, 1.82) is 0 Å². The Kier molecular flexibility index (Phi) is 20.6. The molecule has 2 aliphatic rings. The largest absolute Gasteiger partial charge is 0.466 e. The van der Waals surface area contributed by atoms with Crippen LogP contribution in [0.4, 0.5) is 0 Å². The van der Waals surface area contributed by atoms with Gasteiger partial charge in [0.1, 0.15) is 41.9 Å². The van der Waals surface area contributed by atoms with Gasteiger partial charge in [-0.3, -0.25) is 4.79 Å². The minimum atomic E-state index is -0.905. The van der Waals surface area contributed by atoms with E-state index in [0.29, 0.717) is 59.5 Å². The Labute approximate surface area is 419 Å². The molecule has 0 N–H and O–H groups in total. The molecule has 8 atom stereocenters. The van der Waals surface area contributed by atoms with E-state index in [0.717, 1.165) is 39.7 Å². The van der Waals surface area contributed by atoms with Crippen molar-refractivity contribution in [3.8, 4) is 0 Å². The minimum Gasteiger partial charge on any atom is -0.466 e. The zero-order valence-electron chi connectivity index (χ0n) is 41.1. The lowest BCUT2D eigenvalue weighted by atomic mass is 9.90. The second kappa shape index (κ2) is 27.7. The summed E-state index contributed by atoms with van der Waals surface area (Å²) >= 11 is 0. The van der Waals surface area contributed by atoms with Crippen molar-refractivity contribution >= 4 is 12.3 Å². The van der Waals surface area contributed by atoms with Crippen LogP contribution in [0.3, 0.4) is 0 Å². The number of ether oxygens (including phenoxy) is 9. The van der Waals surface area contributed by atoms with E-state index < -0.39 is 41.7 Å². The molecule has 0 amide bonds. The molecule has 0 aromatic heterocycles. The van der Waals surface area contributed by atoms with Crippen molar-refractivity contribution < 1.29 is 52.2 Å². The first-order valence-electron chi connectivity index (χ1n) is 24.6. The van der Waals surface area contributed by atoms with Gasteiger partial charge in [-0.2, -0.15) is 0 Å². The van der Waals surface area contributed by atoms with Crippen molar-refractivity contribution in [3.63, 3.8) is 0 Å². The summed E-state index contributed by atoms with van der Waals surface area (Å²) < 4.78 is 56.1. The highest BCUT2D eigenvalue weighted by Gasteiger charge is 2.57. The SMILES string of the molecule is CCOC(=O)CC1O[C@H](COCc2ccccc2)[C@@H](OCc2ccccc2)[C@]1(C)OCc1ccccc1.C[C@]1(OCc2ccccc2)C(CC=O)O[C@H](COCc2ccccc2)[C@H]1OCc1ccccc1. The van der Waals surface area contributed by atoms with Crippen LogP contribution in [0.15, 0.2) is 182 Å². The van der Waals surface area contributed by atoms with Crippen molar-refractivity contribution in [2.24, 2.45) is 0 Å². The highest BCUT2D eigenvalue weighted by atomic mass is 16.6. The molecule has 0 saturated carbocycles. The van der Waals surface area contributed by atoms with E-state index in [9.17, 15) is 9.59 Å². The second-order valence-electron chi connectivity index (χ2n) is 18.1. The monoisotopic (exact) mass is 964 g/mol. The molecule has 0 spiro atoms. The van der Waals surface area contributed by atoms with E-state index in [4.69, 9.17) is 42.6 Å². The van der Waals surface area contributed by atoms with Crippen LogP contribution in [0.25, 0.3) is 0 Å². The molecule has 6 aromatic rings. The summed E-state index contributed by atoms with van der Waals surface area (Å²) in [6, 6.07) is 60.0. The van der Waals surface area contributed by atoms with Gasteiger partial charge >= 0.3 is 5.97 Å². The van der Waals surface area contributed by atoms with Gasteiger partial charge in [0.05, 0.1) is 78.1 Å². The Morgan fingerprint density at radius 1 is 0.479 bits per heavy atom. The molecule has 11 heteroatoms. The molecular formula is C60H68O11. The molecule has 2 heterocycles. The standard InChI is InChI=1S/C31H36O6.C29H32O5/c1-3-34-29(32)19-28-31(2,36-22-26-17-11-6-12-18-26)30(35-21-25-15-9-5-10-16-25)27(37-28)23-33-20-24-13-7-4-8-14-24;1-29(33-21-25-15-9-4-10-16-25)27(17-18-30)34-26(22-31-19-23-11-5-2-6-12-23)28(29)32-20-24-13-7-3-8-14-24/h4-18,27-28,30H,3,19-23H2,1-2H3;2-16,18,26-28H,17,19-22H2,1H3/t27-,28?,30-,31-;26-,27?,28-,29+/m11/s1. The fourth-order valence-corrected chi connectivity index (χ4v) is 8.97. The van der Waals surface area contributed by atoms with E-state index in [1.807, 2.05) is 196 Å². The van der Waals surface area contributed by atoms with Gasteiger partial charge in [0, 0.05) is 6.42 Å². The third-order valence-electron chi connectivity index (χ3n) is 12.8. The first-order valence-corrected chi connectivity index (χ1v) is 24.6. The maximum absolute atomic E-state index is 12.5. The summed E-state index contributed by atoms with van der Waals surface area (Å²) in [6.07, 6.45) is -1.46. The quantitative estimate of drug-likeness (QED) is 0.0403. The summed E-state index contributed by atoms with van der Waals surface area (Å²) in [4.78, 5) is 24.0. The molecule has 0 bridgehead atoms. The van der Waals surface area contributed by atoms with Crippen molar-refractivity contribution in [2.45, 2.75) is 121 Å². The number of hydrogen-bond acceptors (Lipinski definition) is 11. The zero-order chi connectivity index (χ0) is 49.6. The molecule has 0 radical (unpaired) electrons. The van der Waals surface area contributed by atoms with Gasteiger partial charge in [-0.1, -0.05) is 182 Å². The summed E-state index contributed by atoms with van der Waals surface area (Å²) in [7, 11) is 0. The lowest BCUT2D eigenvalue weighted by Crippen LogP contribution is -2.50. The van der Waals surface area contributed by atoms with E-state index in [2.05, 4.69) is 0 Å². The van der Waals surface area contributed by atoms with Crippen molar-refractivity contribution in [3.05, 3.63) is 215 Å². The van der Waals surface area contributed by atoms with Gasteiger partial charge in [0.25, 0.3) is 0 Å². The molecule has 6 aromatic carbocycles. The first-order chi connectivity index (χ1) is 34.8. The molecule has 8 rings (SSSR count). The molecule has 71 heavy (non-hydrogen) atoms. The molecule has 0 aliphatic carbocycles. The van der Waals surface area contributed by atoms with E-state index in [-0.39, 0.29) is 24.9 Å². The highest BCUT2D eigenvalue weighted by Crippen LogP contribution is 2.41. The van der Waals surface area contributed by atoms with Crippen LogP contribution in [0.5, 0.6) is 0 Å². The molecule has 2 aliphatic heterocycles. The number of carbonyl (C=O) groups excluding carboxylic acids is 2. The summed E-state index contributed by atoms with van der Waals surface area (Å²) in [6.45, 7) is 9.21. The molecule has 11 nitrogen and oxygen atoms in total. The zero-order valence-corrected chi connectivity index (χ0v) is 41.1. The second-order valence-corrected chi connectivity index (χ2v) is 18.1. The van der Waals surface area contributed by atoms with Gasteiger partial charge in [-0.15, -0.1) is 0 Å². The van der Waals surface area contributed by atoms with Crippen molar-refractivity contribution in [1.82, 2.24) is 0 Å². The van der Waals surface area contributed by atoms with Crippen LogP contribution in [0.1, 0.15) is 67.0 Å². The normalized spacial score (nSPS) is 23.6. The molecule has 2 unspecified atom stereocenters. The maximum Gasteiger partial charge on any atom is 0.308 e. The van der Waals surface area contributed by atoms with E-state index >= 15 is 0 Å². The lowest BCUT2D eigenvalue weighted by Gasteiger charge is -2.35. The maximum atomic E-state index is 12.5. The average molecular weight is 965 g/mol. The molecule has 374 valence electrons. The Balaban J connectivity index is 0.000000209. The predicted molar refractivity (Wildman–Crippen MR) is 271 cm³/mol. The van der Waals surface area contributed by atoms with Crippen LogP contribution < -0.4 is 0 Å². The van der Waals surface area contributed by atoms with Gasteiger partial charge in [-0.05, 0) is 54.2 Å². The van der Waals surface area contributed by atoms with Gasteiger partial charge in [0.15, 0.2) is 0 Å². The Morgan fingerprint density at radius 3 is 1.15 bits per heavy atom. The highest BCUT2D eigenvalue weighted by molar-refractivity contribution is 5.70. The molecule has 2 saturated heterocycles. The third-order valence-corrected chi connectivity index (χ3v) is 12.8. The Morgan fingerprint density at radius 2 is 0.803 bits per heavy atom. The molecule has 2 fully saturated rings. The summed E-state index contributed by atoms with van der Waals surface area (Å²) in [5.74, 6) is -0.324. The fourth-order valence-electron chi connectivity index (χ4n) is 8.97. The number of hydrogen-bond donors (Lipinski definition) is 0. The van der Waals surface area contributed by atoms with E-state index in [1.165, 1.54) is 0 Å². The van der Waals surface area contributed by atoms with Crippen LogP contribution in [-0.2, 0) is 91.9 Å². The van der Waals surface area contributed by atoms with Gasteiger partial charge in [0.2, 0.25) is 0 Å². The predicted octanol–water partition coefficient (Wildman–Crippen LogP) is 10.6. The Bertz CT molecular complexity index is 2410. The van der Waals surface area contributed by atoms with Crippen LogP contribution in [0.2, 0.25) is 0 Å². The Hall–Kier alpha value is -5.86. The van der Waals surface area contributed by atoms with Crippen molar-refractivity contribution in [2.75, 3.05) is 19.8 Å². The average Bonchev–Trinajstić information content (AvgIpc) is 3.82. The van der Waals surface area contributed by atoms with Crippen LogP contribution >= 0.6 is 0 Å². The molecular weight excluding hydrogens is 897 g/mol. The number of carbonyl (C=O) groups is 2. The lowest BCUT2D eigenvalue weighted by molar-refractivity contribution is -0.160. The van der Waals surface area contributed by atoms with Gasteiger partial charge in [-0.25, -0.2) is 0 Å². The first kappa shape index (κ1) is 53.0. The third kappa shape index (κ3) is 15.6. The van der Waals surface area contributed by atoms with Crippen LogP contribution in [0, 0.1) is 0 Å². The number of rotatable bonds is 25. The summed E-state index contributed by atoms with van der Waals surface area (Å²) in [5, 5.41) is 0. The number of aldehydes is 1. The van der Waals surface area contributed by atoms with E-state index in [1.54, 1.807) is 6.92 Å². The number of esters is 1. The smallest absolute Gasteiger partial charge is 0.308 e. The number of benzene rings is 6. The topological polar surface area (TPSA) is 117 Å². The minimum absolute atomic E-state index is 0.0690.